The van der Waals surface area contributed by atoms with Crippen LogP contribution < -0.4 is 0 Å². The molecule has 3 unspecified atom stereocenters. The Morgan fingerprint density at radius 3 is 1.39 bits per heavy atom. The van der Waals surface area contributed by atoms with Crippen LogP contribution in [0.2, 0.25) is 0 Å². The van der Waals surface area contributed by atoms with Crippen molar-refractivity contribution in [3.63, 3.8) is 0 Å². The van der Waals surface area contributed by atoms with Gasteiger partial charge in [-0.25, -0.2) is 0 Å². The van der Waals surface area contributed by atoms with E-state index in [-0.39, 0.29) is 0 Å². The number of aromatic nitrogens is 4. The van der Waals surface area contributed by atoms with E-state index in [1.807, 2.05) is 170 Å². The minimum absolute atomic E-state index is 0.409. The smallest absolute Gasteiger partial charge is 0.161 e. The monoisotopic (exact) mass is 1160 g/mol. The third-order valence-corrected chi connectivity index (χ3v) is 16.1. The van der Waals surface area contributed by atoms with Gasteiger partial charge < -0.3 is 17.7 Å². The summed E-state index contributed by atoms with van der Waals surface area (Å²) in [6.45, 7) is 3.56. The maximum absolute atomic E-state index is 7.58. The van der Waals surface area contributed by atoms with Crippen LogP contribution in [0.3, 0.4) is 0 Å². The normalized spacial score (nSPS) is 14.5. The molecule has 0 aliphatic heterocycles. The van der Waals surface area contributed by atoms with Crippen LogP contribution in [0, 0.1) is 0 Å². The standard InChI is InChI=1S/4C20H17NO/c1-13(2)14-6-8-15(9-7-14)16-4-3-5-18-17-10-11-21-12-19(17)22-20(16)18;1-13(2)15-11-12-21-18-17-10-6-9-16(19(17)22-20(15)18)14-7-4-3-5-8-14;1-13(2)14-7-9-15(10-8-14)17-11-21-12-18-16-5-3-4-6-19(16)22-20(17)18;1-13(2)14-7-9-15(10-8-14)16-11-12-21-19-17-5-3-4-6-18(17)22-20(16)19/h4*3-13H,1-2H3/i1D3;;2*1D3. The molecule has 0 amide bonds. The van der Waals surface area contributed by atoms with Gasteiger partial charge >= 0.3 is 0 Å². The van der Waals surface area contributed by atoms with Gasteiger partial charge in [0.05, 0.1) is 6.20 Å². The molecule has 0 saturated carbocycles. The minimum atomic E-state index is -2.00. The average molecular weight is 1160 g/mol. The van der Waals surface area contributed by atoms with Crippen molar-refractivity contribution in [3.8, 4) is 44.5 Å². The summed E-state index contributed by atoms with van der Waals surface area (Å²) in [7, 11) is 0. The Bertz CT molecular complexity index is 5050. The lowest BCUT2D eigenvalue weighted by Gasteiger charge is -2.07. The Balaban J connectivity index is 0.000000117. The predicted molar refractivity (Wildman–Crippen MR) is 364 cm³/mol. The molecule has 0 fully saturated rings. The fraction of sp³-hybridized carbons (Fsp3) is 0.150. The van der Waals surface area contributed by atoms with Crippen LogP contribution in [0.15, 0.2) is 261 Å². The number of hydrogen-bond donors (Lipinski definition) is 0. The molecule has 0 bridgehead atoms. The van der Waals surface area contributed by atoms with Gasteiger partial charge in [0.25, 0.3) is 0 Å². The number of para-hydroxylation sites is 4. The number of pyridine rings is 4. The summed E-state index contributed by atoms with van der Waals surface area (Å²) in [5, 5.41) is 6.19. The van der Waals surface area contributed by atoms with E-state index in [0.29, 0.717) is 5.92 Å². The van der Waals surface area contributed by atoms with Crippen molar-refractivity contribution in [2.24, 2.45) is 0 Å². The molecule has 8 aromatic carbocycles. The first-order valence-electron chi connectivity index (χ1n) is 34.0. The lowest BCUT2D eigenvalue weighted by atomic mass is 9.98. The second-order valence-electron chi connectivity index (χ2n) is 22.4. The predicted octanol–water partition coefficient (Wildman–Crippen LogP) is 23.1. The van der Waals surface area contributed by atoms with Gasteiger partial charge in [0.15, 0.2) is 16.7 Å². The zero-order valence-electron chi connectivity index (χ0n) is 58.3. The van der Waals surface area contributed by atoms with E-state index in [2.05, 4.69) is 82.3 Å². The minimum Gasteiger partial charge on any atom is -0.455 e. The molecule has 16 aromatic rings. The maximum Gasteiger partial charge on any atom is 0.161 e. The highest BCUT2D eigenvalue weighted by atomic mass is 16.3. The lowest BCUT2D eigenvalue weighted by Crippen LogP contribution is -1.88. The molecule has 88 heavy (non-hydrogen) atoms. The van der Waals surface area contributed by atoms with Gasteiger partial charge in [0.2, 0.25) is 0 Å². The van der Waals surface area contributed by atoms with E-state index < -0.39 is 38.3 Å². The Kier molecular flexibility index (Phi) is 13.0. The first-order chi connectivity index (χ1) is 46.6. The van der Waals surface area contributed by atoms with Crippen LogP contribution in [0.1, 0.15) is 113 Å². The molecular weight excluding hydrogens is 1080 g/mol. The molecule has 8 nitrogen and oxygen atoms in total. The number of rotatable bonds is 8. The van der Waals surface area contributed by atoms with Gasteiger partial charge in [-0.2, -0.15) is 0 Å². The van der Waals surface area contributed by atoms with Gasteiger partial charge in [-0.05, 0) is 105 Å². The maximum atomic E-state index is 7.58. The molecular formula is C80H68N4O4. The summed E-state index contributed by atoms with van der Waals surface area (Å²) in [4.78, 5) is 17.5. The first-order valence-corrected chi connectivity index (χ1v) is 29.5. The second kappa shape index (κ2) is 24.5. The highest BCUT2D eigenvalue weighted by molar-refractivity contribution is 6.11. The Labute approximate surface area is 524 Å². The molecule has 3 atom stereocenters. The summed E-state index contributed by atoms with van der Waals surface area (Å²) in [5.41, 5.74) is 20.1. The molecule has 0 aliphatic carbocycles. The van der Waals surface area contributed by atoms with Crippen LogP contribution in [-0.2, 0) is 0 Å². The largest absolute Gasteiger partial charge is 0.455 e. The Hall–Kier alpha value is -10.4. The summed E-state index contributed by atoms with van der Waals surface area (Å²) >= 11 is 0. The molecule has 0 radical (unpaired) electrons. The molecule has 8 aromatic heterocycles. The number of nitrogens with zero attached hydrogens (tertiary/aromatic N) is 4. The molecule has 0 aliphatic rings. The van der Waals surface area contributed by atoms with Gasteiger partial charge in [0, 0.05) is 103 Å². The molecule has 0 spiro atoms. The van der Waals surface area contributed by atoms with Gasteiger partial charge in [0.1, 0.15) is 38.9 Å². The summed E-state index contributed by atoms with van der Waals surface area (Å²) in [6.07, 6.45) is 10.7. The van der Waals surface area contributed by atoms with E-state index in [4.69, 9.17) is 30.0 Å². The second-order valence-corrected chi connectivity index (χ2v) is 22.4. The van der Waals surface area contributed by atoms with Crippen molar-refractivity contribution in [1.82, 2.24) is 19.9 Å². The van der Waals surface area contributed by atoms with Crippen LogP contribution in [0.4, 0.5) is 0 Å². The van der Waals surface area contributed by atoms with Crippen molar-refractivity contribution in [2.45, 2.75) is 78.8 Å². The topological polar surface area (TPSA) is 104 Å². The number of benzene rings is 8. The highest BCUT2D eigenvalue weighted by Gasteiger charge is 2.19. The summed E-state index contributed by atoms with van der Waals surface area (Å²) in [5.74, 6) is -1.08. The lowest BCUT2D eigenvalue weighted by molar-refractivity contribution is 0.657. The Morgan fingerprint density at radius 2 is 0.761 bits per heavy atom. The third kappa shape index (κ3) is 11.1. The molecule has 16 rings (SSSR count). The van der Waals surface area contributed by atoms with Crippen molar-refractivity contribution < 1.29 is 30.0 Å². The van der Waals surface area contributed by atoms with Crippen LogP contribution >= 0.6 is 0 Å². The van der Waals surface area contributed by atoms with E-state index in [0.717, 1.165) is 144 Å². The molecule has 0 saturated heterocycles. The zero-order chi connectivity index (χ0) is 67.9. The van der Waals surface area contributed by atoms with Gasteiger partial charge in [-0.15, -0.1) is 0 Å². The summed E-state index contributed by atoms with van der Waals surface area (Å²) < 4.78 is 92.5. The number of furan rings is 4. The van der Waals surface area contributed by atoms with Crippen LogP contribution in [0.5, 0.6) is 0 Å². The zero-order valence-corrected chi connectivity index (χ0v) is 49.3. The third-order valence-electron chi connectivity index (χ3n) is 16.1. The van der Waals surface area contributed by atoms with Crippen LogP contribution in [0.25, 0.3) is 133 Å². The average Bonchev–Trinajstić information content (AvgIpc) is 1.69. The van der Waals surface area contributed by atoms with E-state index in [9.17, 15) is 0 Å². The van der Waals surface area contributed by atoms with Crippen molar-refractivity contribution >= 4 is 88.0 Å². The summed E-state index contributed by atoms with van der Waals surface area (Å²) in [6, 6.07) is 67.3. The first kappa shape index (κ1) is 46.8. The molecule has 8 heteroatoms. The SMILES string of the molecule is CC(C)c1ccnc2c1oc1c(-c3ccccc3)cccc12.[2H]C([2H])([2H])C(C)c1ccc(-c2cccc3c2oc2cnccc23)cc1.[2H]C([2H])([2H])C(C)c1ccc(-c2ccnc3c2oc2ccccc23)cc1.[2H]C([2H])([2H])C(C)c1ccc(-c2cncc3c2oc2ccccc23)cc1. The van der Waals surface area contributed by atoms with Crippen molar-refractivity contribution in [3.05, 3.63) is 266 Å². The van der Waals surface area contributed by atoms with E-state index in [1.54, 1.807) is 45.6 Å². The molecule has 432 valence electrons. The van der Waals surface area contributed by atoms with Crippen molar-refractivity contribution in [1.29, 1.82) is 0 Å². The van der Waals surface area contributed by atoms with Gasteiger partial charge in [-0.1, -0.05) is 219 Å². The number of hydrogen-bond acceptors (Lipinski definition) is 8. The highest BCUT2D eigenvalue weighted by Crippen LogP contribution is 2.40. The fourth-order valence-corrected chi connectivity index (χ4v) is 11.4. The van der Waals surface area contributed by atoms with E-state index >= 15 is 0 Å². The van der Waals surface area contributed by atoms with E-state index in [1.165, 1.54) is 11.1 Å². The Morgan fingerprint density at radius 1 is 0.295 bits per heavy atom. The molecule has 8 heterocycles. The van der Waals surface area contributed by atoms with Crippen LogP contribution in [-0.4, -0.2) is 19.9 Å². The fourth-order valence-electron chi connectivity index (χ4n) is 11.4. The number of fused-ring (bicyclic) bond motifs is 12. The van der Waals surface area contributed by atoms with Gasteiger partial charge in [-0.3, -0.25) is 19.9 Å². The molecule has 0 N–H and O–H groups in total. The van der Waals surface area contributed by atoms with Crippen molar-refractivity contribution in [2.75, 3.05) is 0 Å². The quantitative estimate of drug-likeness (QED) is 0.148.